The molecule has 0 spiro atoms. The third kappa shape index (κ3) is 6.41. The van der Waals surface area contributed by atoms with Crippen LogP contribution in [0, 0.1) is 10.1 Å². The number of nitrogens with zero attached hydrogens (tertiary/aromatic N) is 2. The van der Waals surface area contributed by atoms with Crippen molar-refractivity contribution >= 4 is 24.0 Å². The molecule has 1 unspecified atom stereocenters. The molecule has 6 nitrogen and oxygen atoms in total. The Labute approximate surface area is 137 Å². The number of halogens is 1. The molecule has 0 fully saturated rings. The maximum atomic E-state index is 12.2. The van der Waals surface area contributed by atoms with Gasteiger partial charge < -0.3 is 10.6 Å². The third-order valence-electron chi connectivity index (χ3n) is 3.26. The highest BCUT2D eigenvalue weighted by Gasteiger charge is 2.18. The highest BCUT2D eigenvalue weighted by Crippen LogP contribution is 2.15. The molecule has 0 aliphatic carbocycles. The Morgan fingerprint density at radius 2 is 1.82 bits per heavy atom. The number of rotatable bonds is 7. The molecule has 0 saturated carbocycles. The van der Waals surface area contributed by atoms with Gasteiger partial charge in [-0.25, -0.2) is 0 Å². The zero-order valence-electron chi connectivity index (χ0n) is 13.2. The molecule has 1 aromatic carbocycles. The molecule has 0 aromatic heterocycles. The average Bonchev–Trinajstić information content (AvgIpc) is 2.42. The van der Waals surface area contributed by atoms with Crippen molar-refractivity contribution in [3.05, 3.63) is 39.9 Å². The van der Waals surface area contributed by atoms with E-state index in [4.69, 9.17) is 5.73 Å². The van der Waals surface area contributed by atoms with Gasteiger partial charge in [0.15, 0.2) is 0 Å². The van der Waals surface area contributed by atoms with Crippen LogP contribution in [-0.2, 0) is 11.3 Å². The molecular weight excluding hydrogens is 306 g/mol. The molecule has 1 rings (SSSR count). The van der Waals surface area contributed by atoms with Gasteiger partial charge in [0.05, 0.1) is 4.92 Å². The summed E-state index contributed by atoms with van der Waals surface area (Å²) in [5.74, 6) is 0.0562. The number of nitro benzene ring substituents is 1. The van der Waals surface area contributed by atoms with Crippen LogP contribution < -0.4 is 5.73 Å². The van der Waals surface area contributed by atoms with Crippen LogP contribution in [0.2, 0.25) is 0 Å². The smallest absolute Gasteiger partial charge is 0.269 e. The van der Waals surface area contributed by atoms with E-state index in [9.17, 15) is 14.9 Å². The van der Waals surface area contributed by atoms with Crippen molar-refractivity contribution in [3.8, 4) is 0 Å². The molecule has 1 amide bonds. The Hall–Kier alpha value is -1.66. The second kappa shape index (κ2) is 9.38. The molecule has 0 radical (unpaired) electrons. The van der Waals surface area contributed by atoms with Crippen molar-refractivity contribution in [2.75, 3.05) is 0 Å². The summed E-state index contributed by atoms with van der Waals surface area (Å²) >= 11 is 0. The highest BCUT2D eigenvalue weighted by molar-refractivity contribution is 5.85. The first-order valence-electron chi connectivity index (χ1n) is 7.09. The number of nitrogens with two attached hydrogens (primary N) is 1. The van der Waals surface area contributed by atoms with E-state index in [2.05, 4.69) is 0 Å². The lowest BCUT2D eigenvalue weighted by Gasteiger charge is -2.27. The van der Waals surface area contributed by atoms with Gasteiger partial charge in [-0.15, -0.1) is 12.4 Å². The molecule has 7 heteroatoms. The van der Waals surface area contributed by atoms with E-state index in [1.54, 1.807) is 17.0 Å². The SMILES string of the molecule is CC(N)CCC(=O)N(Cc1ccc([N+](=O)[O-])cc1)C(C)C.Cl. The second-order valence-corrected chi connectivity index (χ2v) is 5.55. The van der Waals surface area contributed by atoms with E-state index in [1.807, 2.05) is 20.8 Å². The molecule has 1 atom stereocenters. The molecule has 0 bridgehead atoms. The minimum absolute atomic E-state index is 0. The van der Waals surface area contributed by atoms with Crippen LogP contribution in [0.1, 0.15) is 39.2 Å². The van der Waals surface area contributed by atoms with Crippen molar-refractivity contribution in [2.24, 2.45) is 5.73 Å². The van der Waals surface area contributed by atoms with Crippen molar-refractivity contribution in [2.45, 2.75) is 52.2 Å². The van der Waals surface area contributed by atoms with Crippen LogP contribution in [0.15, 0.2) is 24.3 Å². The molecule has 1 aromatic rings. The molecule has 0 saturated heterocycles. The van der Waals surface area contributed by atoms with E-state index >= 15 is 0 Å². The summed E-state index contributed by atoms with van der Waals surface area (Å²) in [4.78, 5) is 24.2. The van der Waals surface area contributed by atoms with E-state index < -0.39 is 4.92 Å². The van der Waals surface area contributed by atoms with Crippen molar-refractivity contribution in [1.29, 1.82) is 0 Å². The standard InChI is InChI=1S/C15H23N3O3.ClH/c1-11(2)17(15(19)9-4-12(3)16)10-13-5-7-14(8-6-13)18(20)21;/h5-8,11-12H,4,9-10,16H2,1-3H3;1H. The minimum Gasteiger partial charge on any atom is -0.336 e. The van der Waals surface area contributed by atoms with Crippen molar-refractivity contribution < 1.29 is 9.72 Å². The number of benzene rings is 1. The maximum Gasteiger partial charge on any atom is 0.269 e. The number of hydrogen-bond acceptors (Lipinski definition) is 4. The van der Waals surface area contributed by atoms with Crippen LogP contribution in [0.4, 0.5) is 5.69 Å². The van der Waals surface area contributed by atoms with Gasteiger partial charge in [-0.2, -0.15) is 0 Å². The molecule has 2 N–H and O–H groups in total. The summed E-state index contributed by atoms with van der Waals surface area (Å²) in [6, 6.07) is 6.36. The first kappa shape index (κ1) is 20.3. The quantitative estimate of drug-likeness (QED) is 0.615. The molecule has 0 aliphatic rings. The Bertz CT molecular complexity index is 489. The zero-order chi connectivity index (χ0) is 16.0. The minimum atomic E-state index is -0.433. The number of non-ortho nitro benzene ring substituents is 1. The van der Waals surface area contributed by atoms with Crippen LogP contribution in [0.3, 0.4) is 0 Å². The Balaban J connectivity index is 0.00000441. The summed E-state index contributed by atoms with van der Waals surface area (Å²) in [6.07, 6.45) is 1.07. The lowest BCUT2D eigenvalue weighted by Crippen LogP contribution is -2.37. The normalized spacial score (nSPS) is 11.7. The summed E-state index contributed by atoms with van der Waals surface area (Å²) < 4.78 is 0. The van der Waals surface area contributed by atoms with Crippen LogP contribution in [-0.4, -0.2) is 27.8 Å². The highest BCUT2D eigenvalue weighted by atomic mass is 35.5. The molecule has 0 heterocycles. The number of amides is 1. The lowest BCUT2D eigenvalue weighted by atomic mass is 10.1. The van der Waals surface area contributed by atoms with Crippen molar-refractivity contribution in [1.82, 2.24) is 4.90 Å². The fraction of sp³-hybridized carbons (Fsp3) is 0.533. The predicted octanol–water partition coefficient (Wildman–Crippen LogP) is 2.88. The van der Waals surface area contributed by atoms with Gasteiger partial charge in [0.1, 0.15) is 0 Å². The first-order chi connectivity index (χ1) is 9.81. The Morgan fingerprint density at radius 3 is 2.23 bits per heavy atom. The lowest BCUT2D eigenvalue weighted by molar-refractivity contribution is -0.384. The predicted molar refractivity (Wildman–Crippen MR) is 88.9 cm³/mol. The van der Waals surface area contributed by atoms with Gasteiger partial charge >= 0.3 is 0 Å². The number of nitro groups is 1. The fourth-order valence-electron chi connectivity index (χ4n) is 1.97. The van der Waals surface area contributed by atoms with Crippen LogP contribution in [0.5, 0.6) is 0 Å². The van der Waals surface area contributed by atoms with Gasteiger partial charge in [-0.1, -0.05) is 12.1 Å². The van der Waals surface area contributed by atoms with Gasteiger partial charge in [-0.3, -0.25) is 14.9 Å². The fourth-order valence-corrected chi connectivity index (χ4v) is 1.97. The molecule has 0 aliphatic heterocycles. The molecule has 22 heavy (non-hydrogen) atoms. The largest absolute Gasteiger partial charge is 0.336 e. The topological polar surface area (TPSA) is 89.5 Å². The zero-order valence-corrected chi connectivity index (χ0v) is 14.0. The average molecular weight is 330 g/mol. The van der Waals surface area contributed by atoms with Gasteiger partial charge in [0, 0.05) is 37.2 Å². The monoisotopic (exact) mass is 329 g/mol. The van der Waals surface area contributed by atoms with E-state index in [1.165, 1.54) is 12.1 Å². The summed E-state index contributed by atoms with van der Waals surface area (Å²) in [5.41, 5.74) is 6.61. The summed E-state index contributed by atoms with van der Waals surface area (Å²) in [5, 5.41) is 10.6. The Morgan fingerprint density at radius 1 is 1.27 bits per heavy atom. The third-order valence-corrected chi connectivity index (χ3v) is 3.26. The van der Waals surface area contributed by atoms with Gasteiger partial charge in [0.25, 0.3) is 5.69 Å². The first-order valence-corrected chi connectivity index (χ1v) is 7.09. The number of carbonyl (C=O) groups excluding carboxylic acids is 1. The van der Waals surface area contributed by atoms with Gasteiger partial charge in [0.2, 0.25) is 5.91 Å². The van der Waals surface area contributed by atoms with Crippen LogP contribution >= 0.6 is 12.4 Å². The van der Waals surface area contributed by atoms with Crippen LogP contribution in [0.25, 0.3) is 0 Å². The second-order valence-electron chi connectivity index (χ2n) is 5.55. The van der Waals surface area contributed by atoms with E-state index in [-0.39, 0.29) is 36.1 Å². The van der Waals surface area contributed by atoms with E-state index in [0.29, 0.717) is 19.4 Å². The number of hydrogen-bond donors (Lipinski definition) is 1. The molecular formula is C15H24ClN3O3. The summed E-state index contributed by atoms with van der Waals surface area (Å²) in [7, 11) is 0. The summed E-state index contributed by atoms with van der Waals surface area (Å²) in [6.45, 7) is 6.24. The Kier molecular flexibility index (Phi) is 8.67. The maximum absolute atomic E-state index is 12.2. The molecule has 124 valence electrons. The van der Waals surface area contributed by atoms with E-state index in [0.717, 1.165) is 5.56 Å². The van der Waals surface area contributed by atoms with Gasteiger partial charge in [-0.05, 0) is 32.8 Å². The van der Waals surface area contributed by atoms with Crippen molar-refractivity contribution in [3.63, 3.8) is 0 Å². The number of carbonyl (C=O) groups is 1.